The molecular weight excluding hydrogens is 546 g/mol. The van der Waals surface area contributed by atoms with E-state index in [9.17, 15) is 18.0 Å². The first-order valence-electron chi connectivity index (χ1n) is 13.3. The molecule has 0 fully saturated rings. The van der Waals surface area contributed by atoms with Crippen LogP contribution in [0.3, 0.4) is 0 Å². The minimum absolute atomic E-state index is 0.0376. The minimum atomic E-state index is -4.12. The standard InChI is InChI=1S/C31H38ClN3O4S/c1-21(2)25-13-15-27(16-14-25)35(40(38,39)28-17-11-23(5)12-18-28)20-30(36)34(24(6)31(37)33-22(3)4)19-26-9-7-8-10-29(26)32/h7-18,21-22,24H,19-20H2,1-6H3,(H,33,37)/t24-/m0/s1. The van der Waals surface area contributed by atoms with Crippen LogP contribution in [0.15, 0.2) is 77.7 Å². The van der Waals surface area contributed by atoms with Crippen LogP contribution in [-0.4, -0.2) is 43.8 Å². The average molecular weight is 584 g/mol. The highest BCUT2D eigenvalue weighted by molar-refractivity contribution is 7.92. The lowest BCUT2D eigenvalue weighted by molar-refractivity contribution is -0.139. The number of benzene rings is 3. The minimum Gasteiger partial charge on any atom is -0.352 e. The molecule has 1 N–H and O–H groups in total. The Morgan fingerprint density at radius 3 is 2.02 bits per heavy atom. The van der Waals surface area contributed by atoms with Gasteiger partial charge in [0.15, 0.2) is 0 Å². The number of hydrogen-bond donors (Lipinski definition) is 1. The summed E-state index contributed by atoms with van der Waals surface area (Å²) in [6.45, 7) is 10.8. The van der Waals surface area contributed by atoms with E-state index < -0.39 is 28.5 Å². The molecule has 3 aromatic carbocycles. The van der Waals surface area contributed by atoms with E-state index in [0.29, 0.717) is 16.3 Å². The third-order valence-electron chi connectivity index (χ3n) is 6.63. The molecule has 0 aliphatic rings. The van der Waals surface area contributed by atoms with Gasteiger partial charge < -0.3 is 10.2 Å². The number of nitrogens with zero attached hydrogens (tertiary/aromatic N) is 2. The molecule has 1 atom stereocenters. The topological polar surface area (TPSA) is 86.8 Å². The van der Waals surface area contributed by atoms with E-state index >= 15 is 0 Å². The van der Waals surface area contributed by atoms with Gasteiger partial charge in [-0.3, -0.25) is 13.9 Å². The maximum Gasteiger partial charge on any atom is 0.264 e. The van der Waals surface area contributed by atoms with Crippen molar-refractivity contribution in [3.8, 4) is 0 Å². The smallest absolute Gasteiger partial charge is 0.264 e. The first-order valence-corrected chi connectivity index (χ1v) is 15.2. The van der Waals surface area contributed by atoms with Gasteiger partial charge >= 0.3 is 0 Å². The Hall–Kier alpha value is -3.36. The zero-order valence-electron chi connectivity index (χ0n) is 23.9. The number of anilines is 1. The largest absolute Gasteiger partial charge is 0.352 e. The normalized spacial score (nSPS) is 12.3. The van der Waals surface area contributed by atoms with Gasteiger partial charge in [0, 0.05) is 17.6 Å². The van der Waals surface area contributed by atoms with Gasteiger partial charge in [0.1, 0.15) is 12.6 Å². The second-order valence-corrected chi connectivity index (χ2v) is 12.8. The summed E-state index contributed by atoms with van der Waals surface area (Å²) >= 11 is 6.40. The number of amides is 2. The molecule has 2 amide bonds. The zero-order valence-corrected chi connectivity index (χ0v) is 25.5. The van der Waals surface area contributed by atoms with Crippen molar-refractivity contribution in [1.82, 2.24) is 10.2 Å². The molecule has 3 aromatic rings. The molecule has 9 heteroatoms. The van der Waals surface area contributed by atoms with E-state index in [-0.39, 0.29) is 29.3 Å². The summed E-state index contributed by atoms with van der Waals surface area (Å²) in [6, 6.07) is 19.7. The van der Waals surface area contributed by atoms with Crippen LogP contribution < -0.4 is 9.62 Å². The van der Waals surface area contributed by atoms with E-state index in [4.69, 9.17) is 11.6 Å². The number of sulfonamides is 1. The molecular formula is C31H38ClN3O4S. The molecule has 7 nitrogen and oxygen atoms in total. The first kappa shape index (κ1) is 31.2. The maximum atomic E-state index is 14.0. The van der Waals surface area contributed by atoms with Gasteiger partial charge in [0.2, 0.25) is 11.8 Å². The second-order valence-electron chi connectivity index (χ2n) is 10.5. The molecule has 0 radical (unpaired) electrons. The molecule has 0 aromatic heterocycles. The summed E-state index contributed by atoms with van der Waals surface area (Å²) in [4.78, 5) is 28.4. The maximum absolute atomic E-state index is 14.0. The summed E-state index contributed by atoms with van der Waals surface area (Å²) in [6.07, 6.45) is 0. The Bertz CT molecular complexity index is 1420. The zero-order chi connectivity index (χ0) is 29.6. The van der Waals surface area contributed by atoms with Gasteiger partial charge in [-0.2, -0.15) is 0 Å². The predicted octanol–water partition coefficient (Wildman–Crippen LogP) is 5.91. The third-order valence-corrected chi connectivity index (χ3v) is 8.79. The van der Waals surface area contributed by atoms with Crippen molar-refractivity contribution < 1.29 is 18.0 Å². The van der Waals surface area contributed by atoms with Crippen LogP contribution in [-0.2, 0) is 26.2 Å². The summed E-state index contributed by atoms with van der Waals surface area (Å²) in [5.41, 5.74) is 2.96. The van der Waals surface area contributed by atoms with Crippen LogP contribution in [0.25, 0.3) is 0 Å². The average Bonchev–Trinajstić information content (AvgIpc) is 2.90. The number of carbonyl (C=O) groups is 2. The molecule has 40 heavy (non-hydrogen) atoms. The van der Waals surface area contributed by atoms with Crippen LogP contribution in [0.1, 0.15) is 57.2 Å². The van der Waals surface area contributed by atoms with Crippen LogP contribution in [0, 0.1) is 6.92 Å². The fraction of sp³-hybridized carbons (Fsp3) is 0.355. The molecule has 0 bridgehead atoms. The lowest BCUT2D eigenvalue weighted by Crippen LogP contribution is -2.52. The number of carbonyl (C=O) groups excluding carboxylic acids is 2. The lowest BCUT2D eigenvalue weighted by Gasteiger charge is -2.32. The van der Waals surface area contributed by atoms with Gasteiger partial charge in [-0.05, 0) is 75.1 Å². The molecule has 0 aliphatic heterocycles. The summed E-state index contributed by atoms with van der Waals surface area (Å²) in [5, 5.41) is 3.29. The summed E-state index contributed by atoms with van der Waals surface area (Å²) in [5.74, 6) is -0.621. The molecule has 0 unspecified atom stereocenters. The van der Waals surface area contributed by atoms with Crippen molar-refractivity contribution in [2.24, 2.45) is 0 Å². The van der Waals surface area contributed by atoms with E-state index in [1.807, 2.05) is 32.9 Å². The van der Waals surface area contributed by atoms with E-state index in [1.165, 1.54) is 17.0 Å². The van der Waals surface area contributed by atoms with Crippen LogP contribution in [0.5, 0.6) is 0 Å². The van der Waals surface area contributed by atoms with E-state index in [2.05, 4.69) is 19.2 Å². The SMILES string of the molecule is Cc1ccc(S(=O)(=O)N(CC(=O)N(Cc2ccccc2Cl)[C@@H](C)C(=O)NC(C)C)c2ccc(C(C)C)cc2)cc1. The number of nitrogens with one attached hydrogen (secondary N) is 1. The Kier molecular flexibility index (Phi) is 10.4. The summed E-state index contributed by atoms with van der Waals surface area (Å²) < 4.78 is 29.0. The fourth-order valence-electron chi connectivity index (χ4n) is 4.19. The molecule has 0 saturated heterocycles. The number of aryl methyl sites for hydroxylation is 1. The Balaban J connectivity index is 2.06. The van der Waals surface area contributed by atoms with Crippen molar-refractivity contribution in [3.63, 3.8) is 0 Å². The van der Waals surface area contributed by atoms with Crippen molar-refractivity contribution in [2.45, 2.75) is 71.0 Å². The van der Waals surface area contributed by atoms with Crippen molar-refractivity contribution >= 4 is 39.1 Å². The van der Waals surface area contributed by atoms with Crippen LogP contribution in [0.4, 0.5) is 5.69 Å². The van der Waals surface area contributed by atoms with Crippen molar-refractivity contribution in [2.75, 3.05) is 10.8 Å². The predicted molar refractivity (Wildman–Crippen MR) is 161 cm³/mol. The Labute approximate surface area is 243 Å². The van der Waals surface area contributed by atoms with E-state index in [0.717, 1.165) is 15.4 Å². The van der Waals surface area contributed by atoms with E-state index in [1.54, 1.807) is 55.5 Å². The number of halogens is 1. The Morgan fingerprint density at radius 2 is 1.48 bits per heavy atom. The highest BCUT2D eigenvalue weighted by Gasteiger charge is 2.33. The quantitative estimate of drug-likeness (QED) is 0.304. The van der Waals surface area contributed by atoms with Crippen LogP contribution in [0.2, 0.25) is 5.02 Å². The highest BCUT2D eigenvalue weighted by atomic mass is 35.5. The fourth-order valence-corrected chi connectivity index (χ4v) is 5.80. The lowest BCUT2D eigenvalue weighted by atomic mass is 10.0. The third kappa shape index (κ3) is 7.64. The molecule has 0 spiro atoms. The molecule has 0 aliphatic carbocycles. The molecule has 0 heterocycles. The summed E-state index contributed by atoms with van der Waals surface area (Å²) in [7, 11) is -4.12. The van der Waals surface area contributed by atoms with Gasteiger partial charge in [-0.15, -0.1) is 0 Å². The van der Waals surface area contributed by atoms with Crippen molar-refractivity contribution in [1.29, 1.82) is 0 Å². The van der Waals surface area contributed by atoms with Gasteiger partial charge in [-0.1, -0.05) is 73.5 Å². The number of hydrogen-bond acceptors (Lipinski definition) is 4. The van der Waals surface area contributed by atoms with Crippen LogP contribution >= 0.6 is 11.6 Å². The molecule has 0 saturated carbocycles. The molecule has 3 rings (SSSR count). The highest BCUT2D eigenvalue weighted by Crippen LogP contribution is 2.27. The van der Waals surface area contributed by atoms with Crippen molar-refractivity contribution in [3.05, 3.63) is 94.5 Å². The number of rotatable bonds is 11. The Morgan fingerprint density at radius 1 is 0.875 bits per heavy atom. The molecule has 214 valence electrons. The monoisotopic (exact) mass is 583 g/mol. The van der Waals surface area contributed by atoms with Gasteiger partial charge in [0.25, 0.3) is 10.0 Å². The first-order chi connectivity index (χ1) is 18.8. The van der Waals surface area contributed by atoms with Gasteiger partial charge in [-0.25, -0.2) is 8.42 Å². The van der Waals surface area contributed by atoms with Gasteiger partial charge in [0.05, 0.1) is 10.6 Å². The second kappa shape index (κ2) is 13.3.